The molecular formula is C11H8Br2F3N3O. The molecule has 0 bridgehead atoms. The molecule has 1 aromatic carbocycles. The number of nitrogen functional groups attached to an aromatic ring is 1. The van der Waals surface area contributed by atoms with Crippen molar-refractivity contribution in [2.24, 2.45) is 7.05 Å². The van der Waals surface area contributed by atoms with E-state index in [2.05, 4.69) is 37.0 Å². The van der Waals surface area contributed by atoms with Crippen LogP contribution in [0.2, 0.25) is 0 Å². The molecule has 4 nitrogen and oxygen atoms in total. The lowest BCUT2D eigenvalue weighted by Gasteiger charge is -2.10. The predicted octanol–water partition coefficient (Wildman–Crippen LogP) is 4.34. The summed E-state index contributed by atoms with van der Waals surface area (Å²) in [5, 5.41) is 3.35. The zero-order valence-electron chi connectivity index (χ0n) is 10.0. The second-order valence-electron chi connectivity index (χ2n) is 3.89. The molecule has 0 spiro atoms. The van der Waals surface area contributed by atoms with Crippen LogP contribution in [0.5, 0.6) is 11.6 Å². The van der Waals surface area contributed by atoms with Gasteiger partial charge in [-0.1, -0.05) is 15.9 Å². The van der Waals surface area contributed by atoms with Crippen LogP contribution in [0.3, 0.4) is 0 Å². The molecule has 2 rings (SSSR count). The molecule has 1 aromatic heterocycles. The molecule has 108 valence electrons. The largest absolute Gasteiger partial charge is 0.437 e. The summed E-state index contributed by atoms with van der Waals surface area (Å²) in [6, 6.07) is 4.07. The number of rotatable bonds is 2. The van der Waals surface area contributed by atoms with Crippen molar-refractivity contribution in [3.8, 4) is 11.6 Å². The van der Waals surface area contributed by atoms with E-state index in [9.17, 15) is 13.2 Å². The minimum Gasteiger partial charge on any atom is -0.437 e. The van der Waals surface area contributed by atoms with E-state index in [1.54, 1.807) is 12.1 Å². The molecular weight excluding hydrogens is 407 g/mol. The second-order valence-corrected chi connectivity index (χ2v) is 5.66. The molecule has 0 unspecified atom stereocenters. The average molecular weight is 415 g/mol. The summed E-state index contributed by atoms with van der Waals surface area (Å²) in [4.78, 5) is 0. The number of aromatic nitrogens is 2. The number of benzene rings is 1. The highest BCUT2D eigenvalue weighted by Crippen LogP contribution is 2.37. The van der Waals surface area contributed by atoms with Crippen molar-refractivity contribution in [2.45, 2.75) is 6.18 Å². The summed E-state index contributed by atoms with van der Waals surface area (Å²) in [6.45, 7) is 0. The number of anilines is 1. The predicted molar refractivity (Wildman–Crippen MR) is 74.5 cm³/mol. The Hall–Kier alpha value is -1.22. The van der Waals surface area contributed by atoms with Crippen molar-refractivity contribution in [2.75, 3.05) is 5.73 Å². The third-order valence-electron chi connectivity index (χ3n) is 2.40. The molecule has 0 saturated heterocycles. The number of ether oxygens (including phenoxy) is 1. The molecule has 0 saturated carbocycles. The smallest absolute Gasteiger partial charge is 0.435 e. The maximum absolute atomic E-state index is 12.6. The van der Waals surface area contributed by atoms with E-state index in [0.29, 0.717) is 8.95 Å². The van der Waals surface area contributed by atoms with Gasteiger partial charge in [0.25, 0.3) is 0 Å². The Labute approximate surface area is 129 Å². The summed E-state index contributed by atoms with van der Waals surface area (Å²) < 4.78 is 45.3. The molecule has 2 aromatic rings. The number of aryl methyl sites for hydroxylation is 1. The van der Waals surface area contributed by atoms with E-state index in [1.165, 1.54) is 7.05 Å². The van der Waals surface area contributed by atoms with Crippen LogP contribution in [0.1, 0.15) is 5.69 Å². The van der Waals surface area contributed by atoms with E-state index in [-0.39, 0.29) is 17.3 Å². The average Bonchev–Trinajstić information content (AvgIpc) is 2.67. The van der Waals surface area contributed by atoms with Gasteiger partial charge in [-0.2, -0.15) is 18.3 Å². The number of halogens is 5. The molecule has 0 aliphatic rings. The van der Waals surface area contributed by atoms with E-state index in [0.717, 1.165) is 10.7 Å². The maximum atomic E-state index is 12.6. The third-order valence-corrected chi connectivity index (χ3v) is 3.51. The fourth-order valence-electron chi connectivity index (χ4n) is 1.44. The minimum atomic E-state index is -4.53. The van der Waals surface area contributed by atoms with Crippen molar-refractivity contribution in [3.63, 3.8) is 0 Å². The molecule has 2 N–H and O–H groups in total. The maximum Gasteiger partial charge on any atom is 0.435 e. The summed E-state index contributed by atoms with van der Waals surface area (Å²) in [5.74, 6) is 0.164. The van der Waals surface area contributed by atoms with Crippen molar-refractivity contribution >= 4 is 37.5 Å². The third kappa shape index (κ3) is 3.09. The van der Waals surface area contributed by atoms with Crippen LogP contribution in [0, 0.1) is 0 Å². The van der Waals surface area contributed by atoms with E-state index < -0.39 is 11.9 Å². The van der Waals surface area contributed by atoms with Gasteiger partial charge in [-0.05, 0) is 28.1 Å². The Bertz CT molecular complexity index is 655. The standard InChI is InChI=1S/C11H8Br2F3N3O/c1-19-9(4-8(18-19)11(14,15)16)20-7-3-5(12)2-6(13)10(7)17/h2-4H,17H2,1H3. The quantitative estimate of drug-likeness (QED) is 0.743. The van der Waals surface area contributed by atoms with Crippen molar-refractivity contribution in [3.05, 3.63) is 32.8 Å². The number of nitrogens with two attached hydrogens (primary N) is 1. The summed E-state index contributed by atoms with van der Waals surface area (Å²) in [5.41, 5.74) is 5.05. The van der Waals surface area contributed by atoms with Crippen LogP contribution in [0.15, 0.2) is 27.1 Å². The first kappa shape index (κ1) is 15.2. The van der Waals surface area contributed by atoms with Gasteiger partial charge in [-0.3, -0.25) is 0 Å². The lowest BCUT2D eigenvalue weighted by molar-refractivity contribution is -0.141. The van der Waals surface area contributed by atoms with Gasteiger partial charge in [0.2, 0.25) is 5.88 Å². The lowest BCUT2D eigenvalue weighted by atomic mass is 10.3. The number of hydrogen-bond acceptors (Lipinski definition) is 3. The Balaban J connectivity index is 2.38. The monoisotopic (exact) mass is 413 g/mol. The van der Waals surface area contributed by atoms with Gasteiger partial charge in [0.05, 0.1) is 5.69 Å². The molecule has 0 aliphatic carbocycles. The van der Waals surface area contributed by atoms with Gasteiger partial charge in [0, 0.05) is 22.1 Å². The Kier molecular flexibility index (Phi) is 4.01. The molecule has 0 aliphatic heterocycles. The van der Waals surface area contributed by atoms with Crippen molar-refractivity contribution < 1.29 is 17.9 Å². The first-order valence-corrected chi connectivity index (χ1v) is 6.80. The molecule has 9 heteroatoms. The highest BCUT2D eigenvalue weighted by molar-refractivity contribution is 9.11. The molecule has 1 heterocycles. The summed E-state index contributed by atoms with van der Waals surface area (Å²) in [6.07, 6.45) is -4.53. The van der Waals surface area contributed by atoms with Crippen LogP contribution in [0.25, 0.3) is 0 Å². The van der Waals surface area contributed by atoms with Crippen LogP contribution in [-0.2, 0) is 13.2 Å². The van der Waals surface area contributed by atoms with Gasteiger partial charge < -0.3 is 10.5 Å². The minimum absolute atomic E-state index is 0.0611. The molecule has 20 heavy (non-hydrogen) atoms. The molecule has 0 amide bonds. The molecule has 0 fully saturated rings. The van der Waals surface area contributed by atoms with Crippen molar-refractivity contribution in [1.82, 2.24) is 9.78 Å². The van der Waals surface area contributed by atoms with E-state index >= 15 is 0 Å². The lowest BCUT2D eigenvalue weighted by Crippen LogP contribution is -2.06. The topological polar surface area (TPSA) is 53.1 Å². The van der Waals surface area contributed by atoms with Crippen molar-refractivity contribution in [1.29, 1.82) is 0 Å². The van der Waals surface area contributed by atoms with Gasteiger partial charge in [0.15, 0.2) is 11.4 Å². The zero-order valence-corrected chi connectivity index (χ0v) is 13.2. The first-order chi connectivity index (χ1) is 9.18. The van der Waals surface area contributed by atoms with Gasteiger partial charge in [0.1, 0.15) is 0 Å². The number of hydrogen-bond donors (Lipinski definition) is 1. The summed E-state index contributed by atoms with van der Waals surface area (Å²) in [7, 11) is 1.35. The second kappa shape index (κ2) is 5.28. The van der Waals surface area contributed by atoms with E-state index in [1.807, 2.05) is 0 Å². The fraction of sp³-hybridized carbons (Fsp3) is 0.182. The van der Waals surface area contributed by atoms with Gasteiger partial charge in [-0.15, -0.1) is 0 Å². The number of alkyl halides is 3. The molecule has 0 atom stereocenters. The number of nitrogens with zero attached hydrogens (tertiary/aromatic N) is 2. The van der Waals surface area contributed by atoms with Crippen LogP contribution in [0.4, 0.5) is 18.9 Å². The highest BCUT2D eigenvalue weighted by atomic mass is 79.9. The van der Waals surface area contributed by atoms with Gasteiger partial charge >= 0.3 is 6.18 Å². The normalized spacial score (nSPS) is 11.7. The van der Waals surface area contributed by atoms with Crippen LogP contribution in [-0.4, -0.2) is 9.78 Å². The fourth-order valence-corrected chi connectivity index (χ4v) is 2.63. The highest BCUT2D eigenvalue weighted by Gasteiger charge is 2.35. The van der Waals surface area contributed by atoms with Crippen LogP contribution >= 0.6 is 31.9 Å². The van der Waals surface area contributed by atoms with E-state index in [4.69, 9.17) is 10.5 Å². The van der Waals surface area contributed by atoms with Crippen LogP contribution < -0.4 is 10.5 Å². The first-order valence-electron chi connectivity index (χ1n) is 5.22. The summed E-state index contributed by atoms with van der Waals surface area (Å²) >= 11 is 6.48. The zero-order chi connectivity index (χ0) is 15.1. The Morgan fingerprint density at radius 2 is 1.90 bits per heavy atom. The Morgan fingerprint density at radius 3 is 2.45 bits per heavy atom. The molecule has 0 radical (unpaired) electrons. The Morgan fingerprint density at radius 1 is 1.25 bits per heavy atom. The SMILES string of the molecule is Cn1nc(C(F)(F)F)cc1Oc1cc(Br)cc(Br)c1N. The van der Waals surface area contributed by atoms with Gasteiger partial charge in [-0.25, -0.2) is 4.68 Å².